The lowest BCUT2D eigenvalue weighted by atomic mass is 9.92. The molecule has 1 saturated heterocycles. The van der Waals surface area contributed by atoms with Gasteiger partial charge in [0.2, 0.25) is 5.90 Å². The molecule has 0 bridgehead atoms. The SMILES string of the molecule is C=C(N=C(/C=C\N)Oc1ccccc1CNC(=O)Nc1cc(C(C)(C)C)nn1-c1ccc(C)c(OC)c1)N1CCOCC1. The fourth-order valence-electron chi connectivity index (χ4n) is 4.37. The van der Waals surface area contributed by atoms with Crippen LogP contribution >= 0.6 is 0 Å². The van der Waals surface area contributed by atoms with Gasteiger partial charge in [-0.05, 0) is 30.8 Å². The third kappa shape index (κ3) is 8.16. The zero-order valence-electron chi connectivity index (χ0n) is 25.5. The Morgan fingerprint density at radius 3 is 2.60 bits per heavy atom. The van der Waals surface area contributed by atoms with Gasteiger partial charge in [-0.15, -0.1) is 0 Å². The second-order valence-electron chi connectivity index (χ2n) is 11.1. The van der Waals surface area contributed by atoms with Gasteiger partial charge in [0, 0.05) is 48.8 Å². The molecular weight excluding hydrogens is 546 g/mol. The molecule has 0 unspecified atom stereocenters. The third-order valence-corrected chi connectivity index (χ3v) is 6.84. The fourth-order valence-corrected chi connectivity index (χ4v) is 4.37. The number of hydrogen-bond acceptors (Lipinski definition) is 8. The lowest BCUT2D eigenvalue weighted by Crippen LogP contribution is -2.35. The summed E-state index contributed by atoms with van der Waals surface area (Å²) in [5, 5.41) is 10.7. The summed E-state index contributed by atoms with van der Waals surface area (Å²) in [6.45, 7) is 15.1. The Balaban J connectivity index is 1.50. The smallest absolute Gasteiger partial charge is 0.320 e. The molecule has 4 rings (SSSR count). The molecule has 1 aliphatic rings. The number of para-hydroxylation sites is 1. The maximum Gasteiger partial charge on any atom is 0.320 e. The number of carbonyl (C=O) groups is 1. The lowest BCUT2D eigenvalue weighted by molar-refractivity contribution is 0.0533. The van der Waals surface area contributed by atoms with E-state index in [1.54, 1.807) is 17.9 Å². The van der Waals surface area contributed by atoms with Crippen LogP contribution in [-0.2, 0) is 16.7 Å². The van der Waals surface area contributed by atoms with Crippen LogP contribution in [0, 0.1) is 6.92 Å². The van der Waals surface area contributed by atoms with Gasteiger partial charge in [0.1, 0.15) is 23.1 Å². The summed E-state index contributed by atoms with van der Waals surface area (Å²) >= 11 is 0. The summed E-state index contributed by atoms with van der Waals surface area (Å²) in [5.41, 5.74) is 8.80. The van der Waals surface area contributed by atoms with E-state index in [2.05, 4.69) is 43.0 Å². The van der Waals surface area contributed by atoms with Gasteiger partial charge in [-0.1, -0.05) is 51.6 Å². The monoisotopic (exact) mass is 587 g/mol. The van der Waals surface area contributed by atoms with Crippen molar-refractivity contribution in [1.29, 1.82) is 0 Å². The summed E-state index contributed by atoms with van der Waals surface area (Å²) in [6, 6.07) is 14.7. The van der Waals surface area contributed by atoms with Gasteiger partial charge >= 0.3 is 6.03 Å². The van der Waals surface area contributed by atoms with E-state index in [-0.39, 0.29) is 17.9 Å². The zero-order valence-corrected chi connectivity index (χ0v) is 25.5. The van der Waals surface area contributed by atoms with Crippen LogP contribution in [0.4, 0.5) is 10.6 Å². The summed E-state index contributed by atoms with van der Waals surface area (Å²) in [4.78, 5) is 19.7. The van der Waals surface area contributed by atoms with Crippen molar-refractivity contribution >= 4 is 17.7 Å². The van der Waals surface area contributed by atoms with Crippen molar-refractivity contribution in [2.24, 2.45) is 10.7 Å². The van der Waals surface area contributed by atoms with Gasteiger partial charge in [-0.25, -0.2) is 9.48 Å². The highest BCUT2D eigenvalue weighted by molar-refractivity contribution is 5.90. The van der Waals surface area contributed by atoms with Crippen LogP contribution in [0.25, 0.3) is 5.69 Å². The molecule has 2 heterocycles. The number of amides is 2. The summed E-state index contributed by atoms with van der Waals surface area (Å²) in [7, 11) is 1.63. The summed E-state index contributed by atoms with van der Waals surface area (Å²) in [5.74, 6) is 2.63. The van der Waals surface area contributed by atoms with Crippen molar-refractivity contribution in [1.82, 2.24) is 20.0 Å². The van der Waals surface area contributed by atoms with Gasteiger partial charge in [0.05, 0.1) is 31.7 Å². The van der Waals surface area contributed by atoms with Crippen molar-refractivity contribution in [3.8, 4) is 17.2 Å². The highest BCUT2D eigenvalue weighted by atomic mass is 16.5. The second kappa shape index (κ2) is 13.9. The highest BCUT2D eigenvalue weighted by Gasteiger charge is 2.22. The van der Waals surface area contributed by atoms with Crippen LogP contribution in [0.2, 0.25) is 0 Å². The molecule has 11 nitrogen and oxygen atoms in total. The predicted octanol–water partition coefficient (Wildman–Crippen LogP) is 4.86. The Morgan fingerprint density at radius 2 is 1.91 bits per heavy atom. The molecule has 1 aliphatic heterocycles. The minimum absolute atomic E-state index is 0.199. The molecule has 43 heavy (non-hydrogen) atoms. The Hall–Kier alpha value is -4.77. The van der Waals surface area contributed by atoms with Gasteiger partial charge in [-0.3, -0.25) is 5.32 Å². The minimum Gasteiger partial charge on any atom is -0.496 e. The van der Waals surface area contributed by atoms with Crippen molar-refractivity contribution in [3.05, 3.63) is 90.0 Å². The molecule has 0 atom stereocenters. The predicted molar refractivity (Wildman–Crippen MR) is 169 cm³/mol. The van der Waals surface area contributed by atoms with Gasteiger partial charge in [0.15, 0.2) is 0 Å². The van der Waals surface area contributed by atoms with E-state index in [9.17, 15) is 4.79 Å². The Bertz CT molecular complexity index is 1500. The number of aromatic nitrogens is 2. The van der Waals surface area contributed by atoms with E-state index in [0.29, 0.717) is 43.7 Å². The number of carbonyl (C=O) groups excluding carboxylic acids is 1. The number of benzene rings is 2. The first kappa shape index (κ1) is 31.2. The maximum atomic E-state index is 13.2. The number of rotatable bonds is 9. The largest absolute Gasteiger partial charge is 0.496 e. The topological polar surface area (TPSA) is 128 Å². The molecule has 3 aromatic rings. The zero-order chi connectivity index (χ0) is 31.0. The molecule has 2 amide bonds. The lowest BCUT2D eigenvalue weighted by Gasteiger charge is -2.28. The van der Waals surface area contributed by atoms with E-state index < -0.39 is 6.03 Å². The van der Waals surface area contributed by atoms with Gasteiger partial charge in [0.25, 0.3) is 0 Å². The molecular formula is C32H41N7O4. The average molecular weight is 588 g/mol. The van der Waals surface area contributed by atoms with Crippen LogP contribution in [0.1, 0.15) is 37.6 Å². The molecule has 2 aromatic carbocycles. The van der Waals surface area contributed by atoms with Crippen molar-refractivity contribution in [2.45, 2.75) is 39.7 Å². The van der Waals surface area contributed by atoms with Crippen molar-refractivity contribution < 1.29 is 19.0 Å². The molecule has 0 saturated carbocycles. The van der Waals surface area contributed by atoms with Crippen molar-refractivity contribution in [2.75, 3.05) is 38.7 Å². The van der Waals surface area contributed by atoms with Gasteiger partial charge in [-0.2, -0.15) is 10.1 Å². The van der Waals surface area contributed by atoms with E-state index in [0.717, 1.165) is 28.3 Å². The molecule has 0 radical (unpaired) electrons. The quantitative estimate of drug-likeness (QED) is 0.241. The number of ether oxygens (including phenoxy) is 3. The van der Waals surface area contributed by atoms with E-state index in [1.165, 1.54) is 6.20 Å². The van der Waals surface area contributed by atoms with E-state index in [1.807, 2.05) is 60.4 Å². The number of methoxy groups -OCH3 is 1. The van der Waals surface area contributed by atoms with Gasteiger partial charge < -0.3 is 30.2 Å². The van der Waals surface area contributed by atoms with Crippen LogP contribution in [0.3, 0.4) is 0 Å². The summed E-state index contributed by atoms with van der Waals surface area (Å²) in [6.07, 6.45) is 2.93. The number of nitrogens with two attached hydrogens (primary N) is 1. The van der Waals surface area contributed by atoms with E-state index in [4.69, 9.17) is 25.0 Å². The first-order chi connectivity index (χ1) is 20.6. The number of anilines is 1. The number of nitrogens with zero attached hydrogens (tertiary/aromatic N) is 4. The number of hydrogen-bond donors (Lipinski definition) is 3. The average Bonchev–Trinajstić information content (AvgIpc) is 3.42. The fraction of sp³-hybridized carbons (Fsp3) is 0.344. The second-order valence-corrected chi connectivity index (χ2v) is 11.1. The van der Waals surface area contributed by atoms with Crippen LogP contribution in [0.5, 0.6) is 11.5 Å². The molecule has 228 valence electrons. The number of urea groups is 1. The Kier molecular flexibility index (Phi) is 10.1. The standard InChI is InChI=1S/C32H41N7O4/c1-22-11-12-25(19-27(22)41-6)39-29(20-28(37-39)32(3,4)5)36-31(40)34-21-24-9-7-8-10-26(24)43-30(13-14-33)35-23(2)38-15-17-42-18-16-38/h7-14,19-20H,2,15-18,21,33H2,1,3-6H3,(H2,34,36,40)/b14-13-,35-30?. The number of morpholine rings is 1. The molecule has 0 aliphatic carbocycles. The number of aryl methyl sites for hydroxylation is 1. The van der Waals surface area contributed by atoms with Crippen LogP contribution in [-0.4, -0.2) is 60.0 Å². The number of aliphatic imine (C=N–C) groups is 1. The Labute approximate surface area is 253 Å². The molecule has 4 N–H and O–H groups in total. The molecule has 1 fully saturated rings. The maximum absolute atomic E-state index is 13.2. The third-order valence-electron chi connectivity index (χ3n) is 6.84. The first-order valence-corrected chi connectivity index (χ1v) is 14.1. The minimum atomic E-state index is -0.396. The summed E-state index contributed by atoms with van der Waals surface area (Å²) < 4.78 is 18.7. The number of nitrogens with one attached hydrogen (secondary N) is 2. The van der Waals surface area contributed by atoms with Crippen molar-refractivity contribution in [3.63, 3.8) is 0 Å². The first-order valence-electron chi connectivity index (χ1n) is 14.1. The normalized spacial score (nSPS) is 14.1. The highest BCUT2D eigenvalue weighted by Crippen LogP contribution is 2.29. The van der Waals surface area contributed by atoms with E-state index >= 15 is 0 Å². The molecule has 1 aromatic heterocycles. The Morgan fingerprint density at radius 1 is 1.16 bits per heavy atom. The molecule has 11 heteroatoms. The molecule has 0 spiro atoms. The van der Waals surface area contributed by atoms with Crippen LogP contribution < -0.4 is 25.8 Å². The van der Waals surface area contributed by atoms with Crippen LogP contribution in [0.15, 0.2) is 78.2 Å².